The van der Waals surface area contributed by atoms with Gasteiger partial charge >= 0.3 is 0 Å². The van der Waals surface area contributed by atoms with Gasteiger partial charge in [0.15, 0.2) is 0 Å². The number of amides is 2. The molecule has 0 fully saturated rings. The van der Waals surface area contributed by atoms with Gasteiger partial charge in [0.05, 0.1) is 5.92 Å². The number of hydrogen-bond donors (Lipinski definition) is 3. The van der Waals surface area contributed by atoms with Gasteiger partial charge in [0, 0.05) is 24.3 Å². The van der Waals surface area contributed by atoms with Gasteiger partial charge in [-0.15, -0.1) is 0 Å². The number of nitrogens with two attached hydrogens (primary N) is 1. The van der Waals surface area contributed by atoms with Crippen LogP contribution in [0.2, 0.25) is 0 Å². The molecule has 2 atom stereocenters. The minimum absolute atomic E-state index is 0.120. The molecule has 1 aromatic carbocycles. The first-order chi connectivity index (χ1) is 8.86. The Bertz CT molecular complexity index is 484. The van der Waals surface area contributed by atoms with E-state index in [1.807, 2.05) is 6.92 Å². The number of rotatable bonds is 4. The Morgan fingerprint density at radius 3 is 2.37 bits per heavy atom. The van der Waals surface area contributed by atoms with E-state index in [0.717, 1.165) is 5.56 Å². The highest BCUT2D eigenvalue weighted by molar-refractivity contribution is 5.97. The van der Waals surface area contributed by atoms with Crippen LogP contribution >= 0.6 is 0 Å². The van der Waals surface area contributed by atoms with E-state index in [0.29, 0.717) is 11.3 Å². The Morgan fingerprint density at radius 1 is 1.26 bits per heavy atom. The quantitative estimate of drug-likeness (QED) is 0.765. The summed E-state index contributed by atoms with van der Waals surface area (Å²) in [5.41, 5.74) is 7.80. The maximum Gasteiger partial charge on any atom is 0.251 e. The molecule has 1 rings (SSSR count). The van der Waals surface area contributed by atoms with Crippen molar-refractivity contribution in [2.75, 3.05) is 12.4 Å². The number of aryl methyl sites for hydroxylation is 1. The molecule has 0 aliphatic rings. The van der Waals surface area contributed by atoms with Crippen molar-refractivity contribution in [3.05, 3.63) is 29.3 Å². The van der Waals surface area contributed by atoms with E-state index in [4.69, 9.17) is 5.73 Å². The summed E-state index contributed by atoms with van der Waals surface area (Å²) in [6, 6.07) is 4.94. The van der Waals surface area contributed by atoms with Crippen LogP contribution in [0.25, 0.3) is 0 Å². The summed E-state index contributed by atoms with van der Waals surface area (Å²) >= 11 is 0. The fourth-order valence-electron chi connectivity index (χ4n) is 1.57. The molecule has 0 heterocycles. The van der Waals surface area contributed by atoms with Crippen molar-refractivity contribution >= 4 is 17.5 Å². The first-order valence-electron chi connectivity index (χ1n) is 6.26. The lowest BCUT2D eigenvalue weighted by atomic mass is 10.0. The van der Waals surface area contributed by atoms with Gasteiger partial charge < -0.3 is 16.4 Å². The molecule has 5 heteroatoms. The molecule has 0 aromatic heterocycles. The van der Waals surface area contributed by atoms with Crippen molar-refractivity contribution in [2.24, 2.45) is 11.7 Å². The second kappa shape index (κ2) is 6.33. The number of benzene rings is 1. The lowest BCUT2D eigenvalue weighted by Crippen LogP contribution is -2.34. The summed E-state index contributed by atoms with van der Waals surface area (Å²) in [4.78, 5) is 23.4. The minimum Gasteiger partial charge on any atom is -0.355 e. The summed E-state index contributed by atoms with van der Waals surface area (Å²) < 4.78 is 0. The van der Waals surface area contributed by atoms with Crippen molar-refractivity contribution < 1.29 is 9.59 Å². The second-order valence-corrected chi connectivity index (χ2v) is 4.75. The molecule has 5 nitrogen and oxygen atoms in total. The Kier molecular flexibility index (Phi) is 5.06. The van der Waals surface area contributed by atoms with Gasteiger partial charge in [0.1, 0.15) is 0 Å². The van der Waals surface area contributed by atoms with Crippen molar-refractivity contribution in [3.63, 3.8) is 0 Å². The molecule has 0 aliphatic heterocycles. The smallest absolute Gasteiger partial charge is 0.251 e. The van der Waals surface area contributed by atoms with Crippen LogP contribution in [0.5, 0.6) is 0 Å². The van der Waals surface area contributed by atoms with E-state index in [9.17, 15) is 9.59 Å². The normalized spacial score (nSPS) is 13.5. The average molecular weight is 263 g/mol. The van der Waals surface area contributed by atoms with E-state index in [2.05, 4.69) is 10.6 Å². The van der Waals surface area contributed by atoms with Crippen LogP contribution in [0.3, 0.4) is 0 Å². The first-order valence-corrected chi connectivity index (χ1v) is 6.26. The van der Waals surface area contributed by atoms with E-state index in [-0.39, 0.29) is 23.8 Å². The highest BCUT2D eigenvalue weighted by Crippen LogP contribution is 2.18. The SMILES string of the molecule is CNC(=O)c1ccc(NC(=O)C(C)C(C)N)c(C)c1. The van der Waals surface area contributed by atoms with Gasteiger partial charge in [-0.3, -0.25) is 9.59 Å². The number of carbonyl (C=O) groups excluding carboxylic acids is 2. The molecule has 104 valence electrons. The number of nitrogens with one attached hydrogen (secondary N) is 2. The molecular formula is C14H21N3O2. The Labute approximate surface area is 113 Å². The predicted molar refractivity (Wildman–Crippen MR) is 76.0 cm³/mol. The van der Waals surface area contributed by atoms with Crippen LogP contribution in [-0.4, -0.2) is 24.9 Å². The number of anilines is 1. The van der Waals surface area contributed by atoms with E-state index in [1.165, 1.54) is 0 Å². The molecule has 0 bridgehead atoms. The number of hydrogen-bond acceptors (Lipinski definition) is 3. The predicted octanol–water partition coefficient (Wildman–Crippen LogP) is 1.28. The lowest BCUT2D eigenvalue weighted by molar-refractivity contribution is -0.119. The van der Waals surface area contributed by atoms with Crippen LogP contribution < -0.4 is 16.4 Å². The van der Waals surface area contributed by atoms with Crippen molar-refractivity contribution in [2.45, 2.75) is 26.8 Å². The molecular weight excluding hydrogens is 242 g/mol. The zero-order valence-corrected chi connectivity index (χ0v) is 11.8. The van der Waals surface area contributed by atoms with E-state index in [1.54, 1.807) is 39.1 Å². The zero-order chi connectivity index (χ0) is 14.6. The lowest BCUT2D eigenvalue weighted by Gasteiger charge is -2.16. The van der Waals surface area contributed by atoms with Crippen molar-refractivity contribution in [1.82, 2.24) is 5.32 Å². The van der Waals surface area contributed by atoms with Gasteiger partial charge in [-0.1, -0.05) is 6.92 Å². The van der Waals surface area contributed by atoms with Gasteiger partial charge in [0.2, 0.25) is 5.91 Å². The van der Waals surface area contributed by atoms with E-state index < -0.39 is 0 Å². The van der Waals surface area contributed by atoms with E-state index >= 15 is 0 Å². The van der Waals surface area contributed by atoms with Gasteiger partial charge in [-0.25, -0.2) is 0 Å². The zero-order valence-electron chi connectivity index (χ0n) is 11.8. The Hall–Kier alpha value is -1.88. The summed E-state index contributed by atoms with van der Waals surface area (Å²) in [7, 11) is 1.58. The van der Waals surface area contributed by atoms with Crippen LogP contribution in [0.4, 0.5) is 5.69 Å². The van der Waals surface area contributed by atoms with Crippen molar-refractivity contribution in [3.8, 4) is 0 Å². The Morgan fingerprint density at radius 2 is 1.89 bits per heavy atom. The molecule has 0 aliphatic carbocycles. The van der Waals surface area contributed by atoms with Gasteiger partial charge in [-0.05, 0) is 37.6 Å². The molecule has 2 amide bonds. The Balaban J connectivity index is 2.86. The topological polar surface area (TPSA) is 84.2 Å². The van der Waals surface area contributed by atoms with Crippen LogP contribution in [0, 0.1) is 12.8 Å². The third kappa shape index (κ3) is 3.79. The van der Waals surface area contributed by atoms with Crippen molar-refractivity contribution in [1.29, 1.82) is 0 Å². The monoisotopic (exact) mass is 263 g/mol. The summed E-state index contributed by atoms with van der Waals surface area (Å²) in [5.74, 6) is -0.534. The largest absolute Gasteiger partial charge is 0.355 e. The van der Waals surface area contributed by atoms with Crippen LogP contribution in [0.1, 0.15) is 29.8 Å². The molecule has 0 radical (unpaired) electrons. The molecule has 19 heavy (non-hydrogen) atoms. The summed E-state index contributed by atoms with van der Waals surface area (Å²) in [6.07, 6.45) is 0. The highest BCUT2D eigenvalue weighted by atomic mass is 16.2. The minimum atomic E-state index is -0.266. The first kappa shape index (κ1) is 15.2. The van der Waals surface area contributed by atoms with Gasteiger partial charge in [0.25, 0.3) is 5.91 Å². The molecule has 1 aromatic rings. The number of carbonyl (C=O) groups is 2. The average Bonchev–Trinajstić information content (AvgIpc) is 2.38. The standard InChI is InChI=1S/C14H21N3O2/c1-8-7-11(14(19)16-4)5-6-12(8)17-13(18)9(2)10(3)15/h5-7,9-10H,15H2,1-4H3,(H,16,19)(H,17,18). The van der Waals surface area contributed by atoms with Crippen LogP contribution in [0.15, 0.2) is 18.2 Å². The van der Waals surface area contributed by atoms with Gasteiger partial charge in [-0.2, -0.15) is 0 Å². The fraction of sp³-hybridized carbons (Fsp3) is 0.429. The maximum atomic E-state index is 11.9. The third-order valence-electron chi connectivity index (χ3n) is 3.18. The summed E-state index contributed by atoms with van der Waals surface area (Å²) in [6.45, 7) is 5.43. The third-order valence-corrected chi connectivity index (χ3v) is 3.18. The molecule has 4 N–H and O–H groups in total. The molecule has 0 saturated carbocycles. The second-order valence-electron chi connectivity index (χ2n) is 4.75. The molecule has 0 saturated heterocycles. The molecule has 0 spiro atoms. The fourth-order valence-corrected chi connectivity index (χ4v) is 1.57. The highest BCUT2D eigenvalue weighted by Gasteiger charge is 2.17. The van der Waals surface area contributed by atoms with Crippen LogP contribution in [-0.2, 0) is 4.79 Å². The maximum absolute atomic E-state index is 11.9. The molecule has 2 unspecified atom stereocenters. The summed E-state index contributed by atoms with van der Waals surface area (Å²) in [5, 5.41) is 5.38.